The Kier molecular flexibility index (Phi) is 6.17. The number of rotatable bonds is 8. The first-order chi connectivity index (χ1) is 9.47. The molecule has 0 saturated carbocycles. The molecule has 0 aliphatic heterocycles. The van der Waals surface area contributed by atoms with Crippen molar-refractivity contribution in [1.82, 2.24) is 10.2 Å². The summed E-state index contributed by atoms with van der Waals surface area (Å²) in [5.74, 6) is -0.846. The Bertz CT molecular complexity index is 422. The third kappa shape index (κ3) is 3.58. The zero-order valence-electron chi connectivity index (χ0n) is 12.9. The van der Waals surface area contributed by atoms with Gasteiger partial charge in [0.05, 0.1) is 0 Å². The molecular formula is C16H26N2O2. The van der Waals surface area contributed by atoms with Gasteiger partial charge in [-0.15, -0.1) is 0 Å². The van der Waals surface area contributed by atoms with Crippen molar-refractivity contribution in [3.8, 4) is 0 Å². The molecule has 20 heavy (non-hydrogen) atoms. The van der Waals surface area contributed by atoms with E-state index in [9.17, 15) is 9.90 Å². The van der Waals surface area contributed by atoms with Crippen molar-refractivity contribution in [2.24, 2.45) is 0 Å². The summed E-state index contributed by atoms with van der Waals surface area (Å²) in [6.45, 7) is 4.71. The van der Waals surface area contributed by atoms with Crippen LogP contribution in [-0.2, 0) is 10.3 Å². The number of carbonyl (C=O) groups is 1. The van der Waals surface area contributed by atoms with Gasteiger partial charge < -0.3 is 15.3 Å². The smallest absolute Gasteiger partial charge is 0.329 e. The fourth-order valence-electron chi connectivity index (χ4n) is 2.50. The molecule has 1 aromatic rings. The van der Waals surface area contributed by atoms with Crippen LogP contribution in [0.5, 0.6) is 0 Å². The molecule has 4 heteroatoms. The highest BCUT2D eigenvalue weighted by Gasteiger charge is 2.40. The van der Waals surface area contributed by atoms with E-state index in [2.05, 4.69) is 24.1 Å². The minimum atomic E-state index is -1.07. The Balaban J connectivity index is 3.04. The third-order valence-electron chi connectivity index (χ3n) is 4.00. The molecule has 0 heterocycles. The van der Waals surface area contributed by atoms with Gasteiger partial charge in [0.2, 0.25) is 0 Å². The van der Waals surface area contributed by atoms with E-state index in [0.29, 0.717) is 12.6 Å². The maximum absolute atomic E-state index is 11.9. The zero-order valence-corrected chi connectivity index (χ0v) is 12.9. The Morgan fingerprint density at radius 3 is 2.45 bits per heavy atom. The lowest BCUT2D eigenvalue weighted by Crippen LogP contribution is -2.55. The summed E-state index contributed by atoms with van der Waals surface area (Å²) in [6, 6.07) is 9.73. The molecule has 0 saturated heterocycles. The molecule has 1 aromatic carbocycles. The lowest BCUT2D eigenvalue weighted by Gasteiger charge is -2.36. The summed E-state index contributed by atoms with van der Waals surface area (Å²) in [4.78, 5) is 14.0. The van der Waals surface area contributed by atoms with Crippen molar-refractivity contribution in [3.05, 3.63) is 35.9 Å². The van der Waals surface area contributed by atoms with Gasteiger partial charge in [-0.25, -0.2) is 4.79 Å². The predicted octanol–water partition coefficient (Wildman–Crippen LogP) is 2.31. The van der Waals surface area contributed by atoms with E-state index in [1.165, 1.54) is 0 Å². The van der Waals surface area contributed by atoms with Crippen LogP contribution in [0.4, 0.5) is 0 Å². The lowest BCUT2D eigenvalue weighted by atomic mass is 9.89. The van der Waals surface area contributed by atoms with E-state index in [1.807, 2.05) is 37.4 Å². The molecule has 2 N–H and O–H groups in total. The molecule has 2 unspecified atom stereocenters. The topological polar surface area (TPSA) is 52.6 Å². The normalized spacial score (nSPS) is 15.8. The predicted molar refractivity (Wildman–Crippen MR) is 81.8 cm³/mol. The van der Waals surface area contributed by atoms with Crippen LogP contribution in [0.2, 0.25) is 0 Å². The maximum Gasteiger partial charge on any atom is 0.329 e. The van der Waals surface area contributed by atoms with Crippen molar-refractivity contribution >= 4 is 5.97 Å². The van der Waals surface area contributed by atoms with Crippen LogP contribution < -0.4 is 5.32 Å². The molecule has 1 rings (SSSR count). The molecule has 0 aliphatic rings. The van der Waals surface area contributed by atoms with E-state index >= 15 is 0 Å². The van der Waals surface area contributed by atoms with E-state index in [4.69, 9.17) is 0 Å². The monoisotopic (exact) mass is 278 g/mol. The Morgan fingerprint density at radius 2 is 2.00 bits per heavy atom. The number of likely N-dealkylation sites (N-methyl/N-ethyl adjacent to an activating group) is 2. The average Bonchev–Trinajstić information content (AvgIpc) is 2.45. The highest BCUT2D eigenvalue weighted by Crippen LogP contribution is 2.23. The quantitative estimate of drug-likeness (QED) is 0.766. The van der Waals surface area contributed by atoms with Crippen LogP contribution in [0, 0.1) is 0 Å². The van der Waals surface area contributed by atoms with Crippen molar-refractivity contribution in [2.75, 3.05) is 20.6 Å². The Labute approximate surface area is 121 Å². The minimum Gasteiger partial charge on any atom is -0.480 e. The lowest BCUT2D eigenvalue weighted by molar-refractivity contribution is -0.146. The third-order valence-corrected chi connectivity index (χ3v) is 4.00. The molecule has 0 bridgehead atoms. The van der Waals surface area contributed by atoms with E-state index in [1.54, 1.807) is 7.05 Å². The van der Waals surface area contributed by atoms with Crippen molar-refractivity contribution in [2.45, 2.75) is 38.3 Å². The first kappa shape index (κ1) is 16.7. The van der Waals surface area contributed by atoms with E-state index in [-0.39, 0.29) is 0 Å². The van der Waals surface area contributed by atoms with Crippen molar-refractivity contribution < 1.29 is 9.90 Å². The molecule has 112 valence electrons. The summed E-state index contributed by atoms with van der Waals surface area (Å²) < 4.78 is 0. The Hall–Kier alpha value is -1.39. The van der Waals surface area contributed by atoms with Gasteiger partial charge in [0.25, 0.3) is 0 Å². The number of carboxylic acids is 1. The summed E-state index contributed by atoms with van der Waals surface area (Å²) in [5.41, 5.74) is -0.289. The molecule has 0 aliphatic carbocycles. The number of hydrogen-bond acceptors (Lipinski definition) is 3. The van der Waals surface area contributed by atoms with Gasteiger partial charge in [0.1, 0.15) is 0 Å². The number of benzene rings is 1. The van der Waals surface area contributed by atoms with Gasteiger partial charge in [-0.3, -0.25) is 0 Å². The van der Waals surface area contributed by atoms with Crippen LogP contribution in [0.15, 0.2) is 30.3 Å². The maximum atomic E-state index is 11.9. The van der Waals surface area contributed by atoms with Crippen LogP contribution in [-0.4, -0.2) is 42.7 Å². The van der Waals surface area contributed by atoms with Gasteiger partial charge in [-0.05, 0) is 33.0 Å². The van der Waals surface area contributed by atoms with Gasteiger partial charge in [0, 0.05) is 12.6 Å². The van der Waals surface area contributed by atoms with Crippen LogP contribution in [0.1, 0.15) is 32.3 Å². The molecule has 0 aromatic heterocycles. The molecular weight excluding hydrogens is 252 g/mol. The summed E-state index contributed by atoms with van der Waals surface area (Å²) in [5, 5.41) is 12.8. The largest absolute Gasteiger partial charge is 0.480 e. The summed E-state index contributed by atoms with van der Waals surface area (Å²) in [7, 11) is 3.69. The fraction of sp³-hybridized carbons (Fsp3) is 0.562. The van der Waals surface area contributed by atoms with E-state index in [0.717, 1.165) is 18.4 Å². The van der Waals surface area contributed by atoms with Gasteiger partial charge in [-0.2, -0.15) is 0 Å². The summed E-state index contributed by atoms with van der Waals surface area (Å²) in [6.07, 6.45) is 2.15. The van der Waals surface area contributed by atoms with E-state index < -0.39 is 11.5 Å². The molecule has 0 radical (unpaired) electrons. The minimum absolute atomic E-state index is 0.357. The molecule has 0 spiro atoms. The van der Waals surface area contributed by atoms with Crippen molar-refractivity contribution in [1.29, 1.82) is 0 Å². The van der Waals surface area contributed by atoms with Gasteiger partial charge in [-0.1, -0.05) is 43.7 Å². The molecule has 0 fully saturated rings. The Morgan fingerprint density at radius 1 is 1.40 bits per heavy atom. The number of nitrogens with one attached hydrogen (secondary N) is 1. The average molecular weight is 278 g/mol. The van der Waals surface area contributed by atoms with Crippen LogP contribution in [0.3, 0.4) is 0 Å². The van der Waals surface area contributed by atoms with Gasteiger partial charge >= 0.3 is 5.97 Å². The van der Waals surface area contributed by atoms with Crippen molar-refractivity contribution in [3.63, 3.8) is 0 Å². The number of hydrogen-bond donors (Lipinski definition) is 2. The fourth-order valence-corrected chi connectivity index (χ4v) is 2.50. The highest BCUT2D eigenvalue weighted by molar-refractivity contribution is 5.81. The molecule has 0 amide bonds. The second kappa shape index (κ2) is 7.41. The van der Waals surface area contributed by atoms with Crippen LogP contribution >= 0.6 is 0 Å². The first-order valence-electron chi connectivity index (χ1n) is 7.16. The summed E-state index contributed by atoms with van der Waals surface area (Å²) >= 11 is 0. The first-order valence-corrected chi connectivity index (χ1v) is 7.16. The second-order valence-corrected chi connectivity index (χ2v) is 5.38. The highest BCUT2D eigenvalue weighted by atomic mass is 16.4. The zero-order chi connectivity index (χ0) is 15.2. The van der Waals surface area contributed by atoms with Gasteiger partial charge in [0.15, 0.2) is 5.54 Å². The molecule has 2 atom stereocenters. The SMILES string of the molecule is CCCC(C)N(C)CC(NC)(C(=O)O)c1ccccc1. The second-order valence-electron chi connectivity index (χ2n) is 5.38. The van der Waals surface area contributed by atoms with Crippen LogP contribution in [0.25, 0.3) is 0 Å². The number of nitrogens with zero attached hydrogens (tertiary/aromatic N) is 1. The number of aliphatic carboxylic acids is 1. The standard InChI is InChI=1S/C16H26N2O2/c1-5-9-13(2)18(4)12-16(17-3,15(19)20)14-10-7-6-8-11-14/h6-8,10-11,13,17H,5,9,12H2,1-4H3,(H,19,20). The number of carboxylic acid groups (broad SMARTS) is 1. The molecule has 4 nitrogen and oxygen atoms in total.